The van der Waals surface area contributed by atoms with E-state index in [2.05, 4.69) is 10.1 Å². The van der Waals surface area contributed by atoms with Crippen LogP contribution in [-0.4, -0.2) is 24.3 Å². The van der Waals surface area contributed by atoms with Crippen LogP contribution in [0.2, 0.25) is 0 Å². The Morgan fingerprint density at radius 3 is 2.56 bits per heavy atom. The maximum absolute atomic E-state index is 12.1. The van der Waals surface area contributed by atoms with Crippen LogP contribution in [0, 0.1) is 13.8 Å². The minimum absolute atomic E-state index is 0.184. The molecule has 0 aliphatic heterocycles. The summed E-state index contributed by atoms with van der Waals surface area (Å²) in [6.45, 7) is 3.24. The van der Waals surface area contributed by atoms with Crippen molar-refractivity contribution in [1.29, 1.82) is 0 Å². The summed E-state index contributed by atoms with van der Waals surface area (Å²) in [5.41, 5.74) is 0.963. The maximum Gasteiger partial charge on any atom is 0.276 e. The lowest BCUT2D eigenvalue weighted by Gasteiger charge is -1.95. The second kappa shape index (κ2) is 4.25. The van der Waals surface area contributed by atoms with Crippen molar-refractivity contribution in [2.75, 3.05) is 0 Å². The Kier molecular flexibility index (Phi) is 3.04. The topological polar surface area (TPSA) is 93.0 Å². The van der Waals surface area contributed by atoms with E-state index in [0.717, 1.165) is 0 Å². The summed E-state index contributed by atoms with van der Waals surface area (Å²) in [6, 6.07) is 1.18. The molecular formula is C10H9ClN2O4S. The van der Waals surface area contributed by atoms with Gasteiger partial charge in [-0.3, -0.25) is 4.79 Å². The van der Waals surface area contributed by atoms with E-state index in [9.17, 15) is 13.2 Å². The molecule has 0 amide bonds. The summed E-state index contributed by atoms with van der Waals surface area (Å²) in [4.78, 5) is 14.6. The molecule has 18 heavy (non-hydrogen) atoms. The molecule has 8 heteroatoms. The number of aromatic nitrogens is 2. The minimum Gasteiger partial charge on any atom is -0.361 e. The lowest BCUT2D eigenvalue weighted by atomic mass is 10.1. The number of hydrogen-bond acceptors (Lipinski definition) is 5. The molecule has 96 valence electrons. The average molecular weight is 289 g/mol. The van der Waals surface area contributed by atoms with Crippen LogP contribution < -0.4 is 0 Å². The van der Waals surface area contributed by atoms with Gasteiger partial charge in [-0.15, -0.1) is 0 Å². The smallest absolute Gasteiger partial charge is 0.276 e. The molecule has 2 rings (SSSR count). The third-order valence-corrected chi connectivity index (χ3v) is 3.70. The molecule has 2 aromatic heterocycles. The number of nitrogens with one attached hydrogen (secondary N) is 1. The van der Waals surface area contributed by atoms with Gasteiger partial charge in [-0.25, -0.2) is 8.42 Å². The van der Waals surface area contributed by atoms with Gasteiger partial charge in [0.15, 0.2) is 5.78 Å². The highest BCUT2D eigenvalue weighted by Crippen LogP contribution is 2.20. The number of nitrogens with zero attached hydrogens (tertiary/aromatic N) is 1. The largest absolute Gasteiger partial charge is 0.361 e. The first-order chi connectivity index (χ1) is 8.30. The van der Waals surface area contributed by atoms with E-state index in [1.807, 2.05) is 0 Å². The van der Waals surface area contributed by atoms with Gasteiger partial charge in [-0.1, -0.05) is 5.16 Å². The zero-order chi connectivity index (χ0) is 13.5. The third-order valence-electron chi connectivity index (χ3n) is 2.44. The van der Waals surface area contributed by atoms with E-state index in [0.29, 0.717) is 17.0 Å². The second-order valence-corrected chi connectivity index (χ2v) is 6.25. The van der Waals surface area contributed by atoms with Gasteiger partial charge >= 0.3 is 0 Å². The molecular weight excluding hydrogens is 280 g/mol. The number of H-pyrrole nitrogens is 1. The molecule has 0 fully saturated rings. The molecule has 0 saturated heterocycles. The van der Waals surface area contributed by atoms with Crippen molar-refractivity contribution >= 4 is 25.5 Å². The molecule has 1 N–H and O–H groups in total. The third kappa shape index (κ3) is 2.19. The fraction of sp³-hybridized carbons (Fsp3) is 0.200. The zero-order valence-electron chi connectivity index (χ0n) is 9.52. The van der Waals surface area contributed by atoms with Crippen LogP contribution in [0.1, 0.15) is 27.4 Å². The van der Waals surface area contributed by atoms with Crippen LogP contribution in [0.3, 0.4) is 0 Å². The number of aromatic amines is 1. The van der Waals surface area contributed by atoms with Crippen molar-refractivity contribution in [1.82, 2.24) is 10.1 Å². The Labute approximate surface area is 107 Å². The van der Waals surface area contributed by atoms with Crippen molar-refractivity contribution in [3.63, 3.8) is 0 Å². The predicted octanol–water partition coefficient (Wildman–Crippen LogP) is 1.78. The second-order valence-electron chi connectivity index (χ2n) is 3.72. The summed E-state index contributed by atoms with van der Waals surface area (Å²) < 4.78 is 27.0. The predicted molar refractivity (Wildman–Crippen MR) is 63.2 cm³/mol. The van der Waals surface area contributed by atoms with Gasteiger partial charge in [0.05, 0.1) is 11.3 Å². The molecule has 6 nitrogen and oxygen atoms in total. The highest BCUT2D eigenvalue weighted by atomic mass is 35.7. The number of carbonyl (C=O) groups is 1. The zero-order valence-corrected chi connectivity index (χ0v) is 11.1. The minimum atomic E-state index is -3.88. The molecule has 0 aliphatic rings. The fourth-order valence-corrected chi connectivity index (χ4v) is 2.33. The van der Waals surface area contributed by atoms with Crippen LogP contribution in [0.25, 0.3) is 0 Å². The lowest BCUT2D eigenvalue weighted by Crippen LogP contribution is -2.02. The maximum atomic E-state index is 12.1. The van der Waals surface area contributed by atoms with E-state index in [1.165, 1.54) is 12.3 Å². The molecule has 0 radical (unpaired) electrons. The van der Waals surface area contributed by atoms with Crippen LogP contribution in [-0.2, 0) is 9.05 Å². The SMILES string of the molecule is Cc1noc(C)c1C(=O)c1c[nH]c(S(=O)(=O)Cl)c1. The molecule has 0 atom stereocenters. The monoisotopic (exact) mass is 288 g/mol. The van der Waals surface area contributed by atoms with Crippen molar-refractivity contribution in [2.45, 2.75) is 18.9 Å². The van der Waals surface area contributed by atoms with E-state index < -0.39 is 9.05 Å². The van der Waals surface area contributed by atoms with Crippen molar-refractivity contribution in [3.8, 4) is 0 Å². The first-order valence-electron chi connectivity index (χ1n) is 4.91. The van der Waals surface area contributed by atoms with Gasteiger partial charge in [0.1, 0.15) is 10.8 Å². The average Bonchev–Trinajstić information content (AvgIpc) is 2.84. The van der Waals surface area contributed by atoms with Crippen LogP contribution >= 0.6 is 10.7 Å². The summed E-state index contributed by atoms with van der Waals surface area (Å²) in [7, 11) is 1.28. The molecule has 0 aliphatic carbocycles. The Hall–Kier alpha value is -1.60. The van der Waals surface area contributed by atoms with Crippen LogP contribution in [0.5, 0.6) is 0 Å². The number of hydrogen-bond donors (Lipinski definition) is 1. The number of carbonyl (C=O) groups excluding carboxylic acids is 1. The molecule has 0 saturated carbocycles. The summed E-state index contributed by atoms with van der Waals surface area (Å²) >= 11 is 0. The summed E-state index contributed by atoms with van der Waals surface area (Å²) in [5, 5.41) is 3.45. The van der Waals surface area contributed by atoms with Crippen molar-refractivity contribution < 1.29 is 17.7 Å². The molecule has 0 bridgehead atoms. The molecule has 2 heterocycles. The van der Waals surface area contributed by atoms with E-state index in [1.54, 1.807) is 13.8 Å². The Morgan fingerprint density at radius 1 is 1.44 bits per heavy atom. The molecule has 2 aromatic rings. The van der Waals surface area contributed by atoms with Gasteiger partial charge in [-0.2, -0.15) is 0 Å². The summed E-state index contributed by atoms with van der Waals surface area (Å²) in [6.07, 6.45) is 1.28. The lowest BCUT2D eigenvalue weighted by molar-refractivity contribution is 0.103. The van der Waals surface area contributed by atoms with Gasteiger partial charge in [0.25, 0.3) is 9.05 Å². The van der Waals surface area contributed by atoms with Crippen molar-refractivity contribution in [3.05, 3.63) is 34.8 Å². The normalized spacial score (nSPS) is 11.7. The van der Waals surface area contributed by atoms with E-state index in [-0.39, 0.29) is 16.4 Å². The summed E-state index contributed by atoms with van der Waals surface area (Å²) in [5.74, 6) is 0.0167. The highest BCUT2D eigenvalue weighted by Gasteiger charge is 2.22. The van der Waals surface area contributed by atoms with Gasteiger partial charge in [-0.05, 0) is 19.9 Å². The van der Waals surface area contributed by atoms with Crippen LogP contribution in [0.15, 0.2) is 21.8 Å². The molecule has 0 aromatic carbocycles. The first kappa shape index (κ1) is 12.8. The molecule has 0 spiro atoms. The molecule has 0 unspecified atom stereocenters. The number of ketones is 1. The van der Waals surface area contributed by atoms with E-state index >= 15 is 0 Å². The van der Waals surface area contributed by atoms with Gasteiger partial charge in [0.2, 0.25) is 0 Å². The van der Waals surface area contributed by atoms with Gasteiger partial charge < -0.3 is 9.51 Å². The standard InChI is InChI=1S/C10H9ClN2O4S/c1-5-9(6(2)17-13-5)10(14)7-3-8(12-4-7)18(11,15)16/h3-4,12H,1-2H3. The highest BCUT2D eigenvalue weighted by molar-refractivity contribution is 8.13. The Balaban J connectivity index is 2.45. The Morgan fingerprint density at radius 2 is 2.11 bits per heavy atom. The Bertz CT molecular complexity index is 695. The number of aryl methyl sites for hydroxylation is 2. The van der Waals surface area contributed by atoms with Crippen LogP contribution in [0.4, 0.5) is 0 Å². The van der Waals surface area contributed by atoms with Gasteiger partial charge in [0, 0.05) is 22.4 Å². The quantitative estimate of drug-likeness (QED) is 0.686. The fourth-order valence-electron chi connectivity index (χ4n) is 1.60. The first-order valence-corrected chi connectivity index (χ1v) is 7.22. The van der Waals surface area contributed by atoms with E-state index in [4.69, 9.17) is 15.2 Å². The number of rotatable bonds is 3. The number of halogens is 1. The van der Waals surface area contributed by atoms with Crippen molar-refractivity contribution in [2.24, 2.45) is 0 Å².